The number of benzene rings is 1. The number of rotatable bonds is 3. The van der Waals surface area contributed by atoms with E-state index < -0.39 is 12.1 Å². The molecule has 5 N–H and O–H groups in total. The Morgan fingerprint density at radius 1 is 1.19 bits per heavy atom. The van der Waals surface area contributed by atoms with Crippen LogP contribution in [0, 0.1) is 0 Å². The average Bonchev–Trinajstić information content (AvgIpc) is 2.29. The molecule has 0 unspecified atom stereocenters. The van der Waals surface area contributed by atoms with Gasteiger partial charge in [0, 0.05) is 0 Å². The van der Waals surface area contributed by atoms with Gasteiger partial charge in [-0.2, -0.15) is 0 Å². The highest BCUT2D eigenvalue weighted by molar-refractivity contribution is 5.90. The van der Waals surface area contributed by atoms with Crippen LogP contribution in [0.4, 0.5) is 0 Å². The number of aliphatic hydroxyl groups excluding tert-OH is 3. The molecule has 0 aliphatic rings. The van der Waals surface area contributed by atoms with Crippen molar-refractivity contribution in [1.82, 2.24) is 0 Å². The Balaban J connectivity index is 0.000000325. The van der Waals surface area contributed by atoms with Crippen LogP contribution in [0.25, 0.3) is 0 Å². The zero-order valence-corrected chi connectivity index (χ0v) is 8.45. The van der Waals surface area contributed by atoms with E-state index in [0.717, 1.165) is 0 Å². The monoisotopic (exact) mass is 230 g/mol. The number of hydrogen-bond acceptors (Lipinski definition) is 5. The van der Waals surface area contributed by atoms with Gasteiger partial charge in [-0.1, -0.05) is 12.1 Å². The zero-order valence-electron chi connectivity index (χ0n) is 8.45. The number of carbonyl (C=O) groups is 1. The normalized spacial score (nSPS) is 9.50. The summed E-state index contributed by atoms with van der Waals surface area (Å²) in [6.07, 6.45) is -0.954. The smallest absolute Gasteiger partial charge is 0.339 e. The fourth-order valence-electron chi connectivity index (χ4n) is 0.712. The largest absolute Gasteiger partial charge is 0.507 e. The number of aromatic hydroxyl groups is 1. The summed E-state index contributed by atoms with van der Waals surface area (Å²) in [5, 5.41) is 41.3. The van der Waals surface area contributed by atoms with Crippen LogP contribution in [0.1, 0.15) is 10.4 Å². The SMILES string of the molecule is O=C(O)c1ccccc1O.OCC(O)CO. The van der Waals surface area contributed by atoms with Gasteiger partial charge in [-0.05, 0) is 12.1 Å². The molecule has 0 heterocycles. The van der Waals surface area contributed by atoms with E-state index in [1.165, 1.54) is 12.1 Å². The van der Waals surface area contributed by atoms with Crippen molar-refractivity contribution >= 4 is 5.97 Å². The second-order valence-electron chi connectivity index (χ2n) is 2.84. The van der Waals surface area contributed by atoms with Crippen LogP contribution in [0.15, 0.2) is 24.3 Å². The third-order valence-corrected chi connectivity index (χ3v) is 1.56. The summed E-state index contributed by atoms with van der Waals surface area (Å²) >= 11 is 0. The molecule has 0 saturated carbocycles. The predicted octanol–water partition coefficient (Wildman–Crippen LogP) is -0.578. The van der Waals surface area contributed by atoms with Gasteiger partial charge < -0.3 is 25.5 Å². The fraction of sp³-hybridized carbons (Fsp3) is 0.300. The van der Waals surface area contributed by atoms with Crippen LogP contribution < -0.4 is 0 Å². The average molecular weight is 230 g/mol. The minimum absolute atomic E-state index is 0.0671. The Morgan fingerprint density at radius 2 is 1.69 bits per heavy atom. The first-order valence-electron chi connectivity index (χ1n) is 4.44. The maximum Gasteiger partial charge on any atom is 0.339 e. The Kier molecular flexibility index (Phi) is 6.86. The van der Waals surface area contributed by atoms with E-state index >= 15 is 0 Å². The first-order chi connectivity index (χ1) is 7.52. The number of para-hydroxylation sites is 1. The van der Waals surface area contributed by atoms with Gasteiger partial charge in [0.1, 0.15) is 17.4 Å². The van der Waals surface area contributed by atoms with Crippen molar-refractivity contribution in [3.8, 4) is 5.75 Å². The molecule has 0 spiro atoms. The molecule has 0 aromatic heterocycles. The molecule has 90 valence electrons. The maximum absolute atomic E-state index is 10.3. The highest BCUT2D eigenvalue weighted by Gasteiger charge is 2.05. The van der Waals surface area contributed by atoms with E-state index in [2.05, 4.69) is 0 Å². The van der Waals surface area contributed by atoms with Crippen molar-refractivity contribution in [1.29, 1.82) is 0 Å². The van der Waals surface area contributed by atoms with Crippen molar-refractivity contribution in [3.63, 3.8) is 0 Å². The first kappa shape index (κ1) is 14.4. The van der Waals surface area contributed by atoms with Gasteiger partial charge in [0.25, 0.3) is 0 Å². The molecular weight excluding hydrogens is 216 g/mol. The second-order valence-corrected chi connectivity index (χ2v) is 2.84. The molecular formula is C10H14O6. The van der Waals surface area contributed by atoms with E-state index in [0.29, 0.717) is 0 Å². The topological polar surface area (TPSA) is 118 Å². The van der Waals surface area contributed by atoms with E-state index in [4.69, 9.17) is 25.5 Å². The summed E-state index contributed by atoms with van der Waals surface area (Å²) in [6.45, 7) is -0.729. The van der Waals surface area contributed by atoms with Gasteiger partial charge in [-0.25, -0.2) is 4.79 Å². The van der Waals surface area contributed by atoms with E-state index in [9.17, 15) is 4.79 Å². The van der Waals surface area contributed by atoms with Crippen molar-refractivity contribution in [2.45, 2.75) is 6.10 Å². The van der Waals surface area contributed by atoms with Gasteiger partial charge >= 0.3 is 5.97 Å². The maximum atomic E-state index is 10.3. The van der Waals surface area contributed by atoms with Crippen molar-refractivity contribution in [2.24, 2.45) is 0 Å². The van der Waals surface area contributed by atoms with Crippen LogP contribution in [0.3, 0.4) is 0 Å². The third-order valence-electron chi connectivity index (χ3n) is 1.56. The van der Waals surface area contributed by atoms with Crippen LogP contribution in [-0.2, 0) is 0 Å². The number of phenols is 1. The van der Waals surface area contributed by atoms with Gasteiger partial charge in [-0.3, -0.25) is 0 Å². The molecule has 0 saturated heterocycles. The molecule has 6 heteroatoms. The standard InChI is InChI=1S/C7H6O3.C3H8O3/c8-6-4-2-1-3-5(6)7(9)10;4-1-3(6)2-5/h1-4,8H,(H,9,10);3-6H,1-2H2. The summed E-state index contributed by atoms with van der Waals surface area (Å²) in [7, 11) is 0. The second kappa shape index (κ2) is 7.63. The number of aromatic carboxylic acids is 1. The highest BCUT2D eigenvalue weighted by atomic mass is 16.4. The Hall–Kier alpha value is -1.63. The van der Waals surface area contributed by atoms with Crippen molar-refractivity contribution in [2.75, 3.05) is 13.2 Å². The molecule has 0 radical (unpaired) electrons. The lowest BCUT2D eigenvalue weighted by Gasteiger charge is -1.96. The number of hydrogen-bond donors (Lipinski definition) is 5. The van der Waals surface area contributed by atoms with E-state index in [1.807, 2.05) is 0 Å². The summed E-state index contributed by atoms with van der Waals surface area (Å²) in [5.74, 6) is -1.31. The van der Waals surface area contributed by atoms with Crippen LogP contribution in [0.2, 0.25) is 0 Å². The summed E-state index contributed by atoms with van der Waals surface area (Å²) in [4.78, 5) is 10.3. The fourth-order valence-corrected chi connectivity index (χ4v) is 0.712. The van der Waals surface area contributed by atoms with Gasteiger partial charge in [0.15, 0.2) is 0 Å². The summed E-state index contributed by atoms with van der Waals surface area (Å²) in [6, 6.07) is 5.81. The predicted molar refractivity (Wildman–Crippen MR) is 55.2 cm³/mol. The van der Waals surface area contributed by atoms with Gasteiger partial charge in [0.05, 0.1) is 13.2 Å². The van der Waals surface area contributed by atoms with Crippen molar-refractivity contribution in [3.05, 3.63) is 29.8 Å². The lowest BCUT2D eigenvalue weighted by molar-refractivity contribution is 0.0450. The third kappa shape index (κ3) is 5.30. The van der Waals surface area contributed by atoms with Crippen LogP contribution in [0.5, 0.6) is 5.75 Å². The minimum Gasteiger partial charge on any atom is -0.507 e. The molecule has 0 bridgehead atoms. The number of aliphatic hydroxyl groups is 3. The molecule has 0 aliphatic heterocycles. The molecule has 0 atom stereocenters. The van der Waals surface area contributed by atoms with Gasteiger partial charge in [-0.15, -0.1) is 0 Å². The molecule has 0 amide bonds. The zero-order chi connectivity index (χ0) is 12.6. The van der Waals surface area contributed by atoms with Crippen LogP contribution in [-0.4, -0.2) is 50.8 Å². The quantitative estimate of drug-likeness (QED) is 0.474. The Bertz CT molecular complexity index is 321. The summed E-state index contributed by atoms with van der Waals surface area (Å²) < 4.78 is 0. The molecule has 1 aromatic rings. The summed E-state index contributed by atoms with van der Waals surface area (Å²) in [5.41, 5.74) is -0.0671. The molecule has 0 fully saturated rings. The Labute approximate surface area is 92.0 Å². The van der Waals surface area contributed by atoms with E-state index in [1.54, 1.807) is 12.1 Å². The molecule has 1 rings (SSSR count). The van der Waals surface area contributed by atoms with E-state index in [-0.39, 0.29) is 24.5 Å². The number of carboxylic acids is 1. The lowest BCUT2D eigenvalue weighted by Crippen LogP contribution is -2.15. The molecule has 16 heavy (non-hydrogen) atoms. The lowest BCUT2D eigenvalue weighted by atomic mass is 10.2. The molecule has 6 nitrogen and oxygen atoms in total. The van der Waals surface area contributed by atoms with Gasteiger partial charge in [0.2, 0.25) is 0 Å². The molecule has 0 aliphatic carbocycles. The van der Waals surface area contributed by atoms with Crippen molar-refractivity contribution < 1.29 is 30.3 Å². The highest BCUT2D eigenvalue weighted by Crippen LogP contribution is 2.14. The Morgan fingerprint density at radius 3 is 1.94 bits per heavy atom. The number of carboxylic acid groups (broad SMARTS) is 1. The van der Waals surface area contributed by atoms with Crippen LogP contribution >= 0.6 is 0 Å². The first-order valence-corrected chi connectivity index (χ1v) is 4.44. The minimum atomic E-state index is -1.11. The molecule has 1 aromatic carbocycles.